The summed E-state index contributed by atoms with van der Waals surface area (Å²) in [6, 6.07) is 0. The standard InChI is InChI=1S/C56H100O14/c1-3-5-7-9-11-13-15-17-19-20-21-22-23-24-25-27-29-31-33-35-37-39-48(58)68-45(42-65-40-38-36-34-32-30-28-26-18-16-14-12-10-8-6-4-2)43-66-55-54(64)52(62)50(60)47(70-55)44-67-56-53(63)51(61)49(59)46(41-57)69-56/h15-18,20-21,23-24,45-47,49-57,59-64H,3-14,19,22,25-44H2,1-2H3/b17-15-,18-16-,21-20-,24-23-. The van der Waals surface area contributed by atoms with Gasteiger partial charge in [0.25, 0.3) is 0 Å². The molecule has 2 aliphatic heterocycles. The number of carbonyl (C=O) groups is 1. The maximum absolute atomic E-state index is 13.0. The minimum atomic E-state index is -1.71. The number of ether oxygens (including phenoxy) is 6. The Balaban J connectivity index is 1.75. The van der Waals surface area contributed by atoms with E-state index in [0.717, 1.165) is 77.0 Å². The lowest BCUT2D eigenvalue weighted by Crippen LogP contribution is -2.61. The minimum absolute atomic E-state index is 0.0513. The predicted molar refractivity (Wildman–Crippen MR) is 275 cm³/mol. The molecule has 0 amide bonds. The summed E-state index contributed by atoms with van der Waals surface area (Å²) in [4.78, 5) is 13.0. The van der Waals surface area contributed by atoms with E-state index in [1.54, 1.807) is 0 Å². The van der Waals surface area contributed by atoms with Gasteiger partial charge in [-0.2, -0.15) is 0 Å². The van der Waals surface area contributed by atoms with Crippen molar-refractivity contribution in [3.05, 3.63) is 48.6 Å². The highest BCUT2D eigenvalue weighted by Crippen LogP contribution is 2.26. The van der Waals surface area contributed by atoms with Crippen molar-refractivity contribution >= 4 is 5.97 Å². The first-order valence-electron chi connectivity index (χ1n) is 27.7. The second-order valence-electron chi connectivity index (χ2n) is 19.4. The van der Waals surface area contributed by atoms with E-state index in [1.807, 2.05) is 0 Å². The maximum atomic E-state index is 13.0. The minimum Gasteiger partial charge on any atom is -0.457 e. The summed E-state index contributed by atoms with van der Waals surface area (Å²) in [6.45, 7) is 3.64. The van der Waals surface area contributed by atoms with Crippen molar-refractivity contribution in [3.63, 3.8) is 0 Å². The number of carbonyl (C=O) groups excluding carboxylic acids is 1. The van der Waals surface area contributed by atoms with Crippen LogP contribution >= 0.6 is 0 Å². The van der Waals surface area contributed by atoms with Crippen LogP contribution in [-0.4, -0.2) is 142 Å². The molecular formula is C56H100O14. The van der Waals surface area contributed by atoms with Crippen molar-refractivity contribution in [1.82, 2.24) is 0 Å². The highest BCUT2D eigenvalue weighted by molar-refractivity contribution is 5.69. The van der Waals surface area contributed by atoms with Gasteiger partial charge in [-0.3, -0.25) is 4.79 Å². The number of aliphatic hydroxyl groups excluding tert-OH is 7. The van der Waals surface area contributed by atoms with Gasteiger partial charge in [0.1, 0.15) is 54.9 Å². The molecule has 2 rings (SSSR count). The Hall–Kier alpha value is -2.05. The van der Waals surface area contributed by atoms with Crippen LogP contribution in [0.3, 0.4) is 0 Å². The van der Waals surface area contributed by atoms with Crippen molar-refractivity contribution in [2.24, 2.45) is 0 Å². The van der Waals surface area contributed by atoms with E-state index in [9.17, 15) is 40.5 Å². The molecule has 2 heterocycles. The van der Waals surface area contributed by atoms with Gasteiger partial charge in [-0.15, -0.1) is 0 Å². The van der Waals surface area contributed by atoms with Gasteiger partial charge in [0, 0.05) is 13.0 Å². The quantitative estimate of drug-likeness (QED) is 0.0172. The lowest BCUT2D eigenvalue weighted by atomic mass is 9.98. The number of aliphatic hydroxyl groups is 7. The molecule has 0 aromatic heterocycles. The summed E-state index contributed by atoms with van der Waals surface area (Å²) in [5.41, 5.74) is 0. The van der Waals surface area contributed by atoms with Gasteiger partial charge >= 0.3 is 5.97 Å². The van der Waals surface area contributed by atoms with Crippen LogP contribution in [0.25, 0.3) is 0 Å². The number of rotatable bonds is 44. The van der Waals surface area contributed by atoms with Crippen molar-refractivity contribution < 1.29 is 69.0 Å². The summed E-state index contributed by atoms with van der Waals surface area (Å²) in [5.74, 6) is -0.390. The molecule has 408 valence electrons. The first-order valence-corrected chi connectivity index (χ1v) is 27.7. The fourth-order valence-corrected chi connectivity index (χ4v) is 8.52. The van der Waals surface area contributed by atoms with Crippen molar-refractivity contribution in [3.8, 4) is 0 Å². The molecule has 0 radical (unpaired) electrons. The first-order chi connectivity index (χ1) is 34.1. The van der Waals surface area contributed by atoms with Gasteiger partial charge in [-0.1, -0.05) is 165 Å². The van der Waals surface area contributed by atoms with Crippen LogP contribution in [0.5, 0.6) is 0 Å². The van der Waals surface area contributed by atoms with Crippen molar-refractivity contribution in [2.75, 3.05) is 33.0 Å². The Morgan fingerprint density at radius 2 is 0.886 bits per heavy atom. The Bertz CT molecular complexity index is 1340. The first kappa shape index (κ1) is 64.1. The Morgan fingerprint density at radius 3 is 1.40 bits per heavy atom. The molecule has 0 aromatic carbocycles. The van der Waals surface area contributed by atoms with Crippen LogP contribution in [0.15, 0.2) is 48.6 Å². The number of hydrogen-bond acceptors (Lipinski definition) is 14. The largest absolute Gasteiger partial charge is 0.457 e. The number of esters is 1. The van der Waals surface area contributed by atoms with E-state index in [2.05, 4.69) is 62.5 Å². The molecule has 0 aromatic rings. The third-order valence-corrected chi connectivity index (χ3v) is 13.1. The van der Waals surface area contributed by atoms with Gasteiger partial charge in [-0.25, -0.2) is 0 Å². The summed E-state index contributed by atoms with van der Waals surface area (Å²) in [5, 5.41) is 72.2. The van der Waals surface area contributed by atoms with Crippen LogP contribution in [0.4, 0.5) is 0 Å². The molecule has 2 fully saturated rings. The molecule has 0 bridgehead atoms. The normalized spacial score (nSPS) is 25.8. The second-order valence-corrected chi connectivity index (χ2v) is 19.4. The molecule has 14 nitrogen and oxygen atoms in total. The smallest absolute Gasteiger partial charge is 0.306 e. The van der Waals surface area contributed by atoms with Gasteiger partial charge in [0.2, 0.25) is 0 Å². The highest BCUT2D eigenvalue weighted by atomic mass is 16.7. The van der Waals surface area contributed by atoms with Crippen molar-refractivity contribution in [1.29, 1.82) is 0 Å². The van der Waals surface area contributed by atoms with E-state index in [0.29, 0.717) is 13.0 Å². The molecule has 7 N–H and O–H groups in total. The third kappa shape index (κ3) is 30.2. The van der Waals surface area contributed by atoms with Crippen LogP contribution in [0.1, 0.15) is 200 Å². The van der Waals surface area contributed by atoms with Gasteiger partial charge in [0.05, 0.1) is 26.4 Å². The fourth-order valence-electron chi connectivity index (χ4n) is 8.52. The molecule has 14 heteroatoms. The zero-order valence-corrected chi connectivity index (χ0v) is 43.5. The molecule has 11 unspecified atom stereocenters. The molecule has 2 saturated heterocycles. The van der Waals surface area contributed by atoms with Gasteiger partial charge < -0.3 is 64.2 Å². The molecule has 2 aliphatic rings. The predicted octanol–water partition coefficient (Wildman–Crippen LogP) is 9.13. The summed E-state index contributed by atoms with van der Waals surface area (Å²) in [6.07, 6.45) is 34.5. The lowest BCUT2D eigenvalue weighted by molar-refractivity contribution is -0.332. The summed E-state index contributed by atoms with van der Waals surface area (Å²) >= 11 is 0. The molecule has 11 atom stereocenters. The second kappa shape index (κ2) is 43.4. The lowest BCUT2D eigenvalue weighted by Gasteiger charge is -2.42. The van der Waals surface area contributed by atoms with Crippen LogP contribution in [0, 0.1) is 0 Å². The van der Waals surface area contributed by atoms with Gasteiger partial charge in [0.15, 0.2) is 12.6 Å². The Labute approximate surface area is 422 Å². The zero-order chi connectivity index (χ0) is 50.9. The van der Waals surface area contributed by atoms with Crippen LogP contribution in [-0.2, 0) is 33.2 Å². The molecule has 0 aliphatic carbocycles. The fraction of sp³-hybridized carbons (Fsp3) is 0.839. The summed E-state index contributed by atoms with van der Waals surface area (Å²) in [7, 11) is 0. The SMILES string of the molecule is CCCCCCC/C=C\C/C=C\C/C=C\CCCCCCCCC(=O)OC(COCCCCCCCC/C=C\CCCCCCC)COC1OC(COC2OC(CO)C(O)C(O)C2O)C(O)C(O)C1O. The topological polar surface area (TPSA) is 214 Å². The van der Waals surface area contributed by atoms with Crippen molar-refractivity contribution in [2.45, 2.75) is 268 Å². The number of allylic oxidation sites excluding steroid dienone is 8. The van der Waals surface area contributed by atoms with E-state index in [1.165, 1.54) is 96.3 Å². The highest BCUT2D eigenvalue weighted by Gasteiger charge is 2.47. The van der Waals surface area contributed by atoms with E-state index in [-0.39, 0.29) is 19.6 Å². The molecule has 0 saturated carbocycles. The maximum Gasteiger partial charge on any atom is 0.306 e. The Kier molecular flexibility index (Phi) is 39.7. The molecule has 0 spiro atoms. The van der Waals surface area contributed by atoms with Crippen LogP contribution < -0.4 is 0 Å². The molecule has 70 heavy (non-hydrogen) atoms. The van der Waals surface area contributed by atoms with E-state index in [4.69, 9.17) is 28.4 Å². The summed E-state index contributed by atoms with van der Waals surface area (Å²) < 4.78 is 34.3. The van der Waals surface area contributed by atoms with E-state index < -0.39 is 86.7 Å². The monoisotopic (exact) mass is 997 g/mol. The average Bonchev–Trinajstić information content (AvgIpc) is 3.36. The van der Waals surface area contributed by atoms with Gasteiger partial charge in [-0.05, 0) is 77.0 Å². The zero-order valence-electron chi connectivity index (χ0n) is 43.5. The Morgan fingerprint density at radius 1 is 0.471 bits per heavy atom. The number of hydrogen-bond donors (Lipinski definition) is 7. The molecular weight excluding hydrogens is 897 g/mol. The van der Waals surface area contributed by atoms with Crippen LogP contribution in [0.2, 0.25) is 0 Å². The number of unbranched alkanes of at least 4 members (excludes halogenated alkanes) is 22. The third-order valence-electron chi connectivity index (χ3n) is 13.1. The van der Waals surface area contributed by atoms with E-state index >= 15 is 0 Å². The average molecular weight is 997 g/mol.